The van der Waals surface area contributed by atoms with Crippen LogP contribution in [0.3, 0.4) is 0 Å². The Balaban J connectivity index is 1.82. The number of nitrogens with zero attached hydrogens (tertiary/aromatic N) is 6. The molecular weight excluding hydrogens is 268 g/mol. The third kappa shape index (κ3) is 2.06. The first kappa shape index (κ1) is 12.3. The number of rotatable bonds is 2. The molecule has 0 spiro atoms. The highest BCUT2D eigenvalue weighted by Gasteiger charge is 2.18. The summed E-state index contributed by atoms with van der Waals surface area (Å²) in [5, 5.41) is 4.22. The molecule has 4 heterocycles. The van der Waals surface area contributed by atoms with Crippen LogP contribution in [0.1, 0.15) is 0 Å². The van der Waals surface area contributed by atoms with Crippen LogP contribution in [0, 0.1) is 0 Å². The van der Waals surface area contributed by atoms with Crippen LogP contribution in [0.5, 0.6) is 0 Å². The molecule has 4 rings (SSSR count). The summed E-state index contributed by atoms with van der Waals surface area (Å²) < 4.78 is 9.26. The summed E-state index contributed by atoms with van der Waals surface area (Å²) in [6, 6.07) is 0. The zero-order valence-electron chi connectivity index (χ0n) is 11.8. The summed E-state index contributed by atoms with van der Waals surface area (Å²) in [6.07, 6.45) is 9.46. The first-order valence-corrected chi connectivity index (χ1v) is 6.97. The van der Waals surface area contributed by atoms with Gasteiger partial charge in [-0.25, -0.2) is 9.97 Å². The predicted octanol–water partition coefficient (Wildman–Crippen LogP) is 0.966. The van der Waals surface area contributed by atoms with Gasteiger partial charge in [-0.3, -0.25) is 9.08 Å². The maximum atomic E-state index is 5.40. The van der Waals surface area contributed by atoms with Gasteiger partial charge in [0.25, 0.3) is 0 Å². The third-order valence-electron chi connectivity index (χ3n) is 3.72. The summed E-state index contributed by atoms with van der Waals surface area (Å²) in [6.45, 7) is 3.17. The first-order valence-electron chi connectivity index (χ1n) is 6.97. The number of ether oxygens (including phenoxy) is 1. The Hall–Kier alpha value is -2.41. The number of imidazole rings is 1. The van der Waals surface area contributed by atoms with Gasteiger partial charge in [0.1, 0.15) is 0 Å². The highest BCUT2D eigenvalue weighted by molar-refractivity contribution is 5.70. The van der Waals surface area contributed by atoms with Gasteiger partial charge in [-0.05, 0) is 0 Å². The molecule has 0 amide bonds. The topological polar surface area (TPSA) is 60.5 Å². The Labute approximate surface area is 121 Å². The first-order chi connectivity index (χ1) is 10.3. The average Bonchev–Trinajstić information content (AvgIpc) is 3.13. The van der Waals surface area contributed by atoms with E-state index < -0.39 is 0 Å². The van der Waals surface area contributed by atoms with Crippen LogP contribution in [0.25, 0.3) is 16.9 Å². The molecule has 7 nitrogen and oxygen atoms in total. The normalized spacial score (nSPS) is 15.8. The molecule has 0 radical (unpaired) electrons. The van der Waals surface area contributed by atoms with Gasteiger partial charge in [0, 0.05) is 44.3 Å². The van der Waals surface area contributed by atoms with Crippen LogP contribution < -0.4 is 4.90 Å². The Bertz CT molecular complexity index is 771. The van der Waals surface area contributed by atoms with Crippen LogP contribution in [-0.4, -0.2) is 50.5 Å². The molecule has 0 saturated carbocycles. The van der Waals surface area contributed by atoms with Gasteiger partial charge >= 0.3 is 0 Å². The molecule has 0 aliphatic carbocycles. The summed E-state index contributed by atoms with van der Waals surface area (Å²) in [4.78, 5) is 11.3. The standard InChI is InChI=1S/C14H16N6O/c1-18-10-11(8-17-18)12-9-16-14-13(15-2-3-20(12)14)19-4-6-21-7-5-19/h2-3,8-10H,4-7H2,1H3. The smallest absolute Gasteiger partial charge is 0.180 e. The largest absolute Gasteiger partial charge is 0.378 e. The lowest BCUT2D eigenvalue weighted by molar-refractivity contribution is 0.122. The van der Waals surface area contributed by atoms with Crippen molar-refractivity contribution in [3.63, 3.8) is 0 Å². The minimum atomic E-state index is 0.735. The van der Waals surface area contributed by atoms with E-state index in [-0.39, 0.29) is 0 Å². The molecule has 7 heteroatoms. The highest BCUT2D eigenvalue weighted by atomic mass is 16.5. The van der Waals surface area contributed by atoms with E-state index in [2.05, 4.69) is 24.4 Å². The Morgan fingerprint density at radius 2 is 2.00 bits per heavy atom. The van der Waals surface area contributed by atoms with Crippen LogP contribution in [0.15, 0.2) is 31.0 Å². The van der Waals surface area contributed by atoms with E-state index in [9.17, 15) is 0 Å². The van der Waals surface area contributed by atoms with Gasteiger partial charge in [-0.15, -0.1) is 0 Å². The van der Waals surface area contributed by atoms with Gasteiger partial charge in [0.2, 0.25) is 0 Å². The number of hydrogen-bond donors (Lipinski definition) is 0. The van der Waals surface area contributed by atoms with Crippen LogP contribution >= 0.6 is 0 Å². The summed E-state index contributed by atoms with van der Waals surface area (Å²) in [5.41, 5.74) is 2.94. The van der Waals surface area contributed by atoms with Crippen LogP contribution in [-0.2, 0) is 11.8 Å². The van der Waals surface area contributed by atoms with Gasteiger partial charge in [-0.2, -0.15) is 5.10 Å². The third-order valence-corrected chi connectivity index (χ3v) is 3.72. The Morgan fingerprint density at radius 1 is 1.14 bits per heavy atom. The number of morpholine rings is 1. The summed E-state index contributed by atoms with van der Waals surface area (Å²) in [7, 11) is 1.91. The SMILES string of the molecule is Cn1cc(-c2cnc3c(N4CCOCC4)nccn23)cn1. The monoisotopic (exact) mass is 284 g/mol. The molecule has 3 aromatic heterocycles. The molecule has 1 saturated heterocycles. The van der Waals surface area contributed by atoms with Gasteiger partial charge in [0.05, 0.1) is 31.3 Å². The molecule has 0 aromatic carbocycles. The second kappa shape index (κ2) is 4.85. The molecule has 1 fully saturated rings. The highest BCUT2D eigenvalue weighted by Crippen LogP contribution is 2.25. The number of aromatic nitrogens is 5. The van der Waals surface area contributed by atoms with Gasteiger partial charge < -0.3 is 9.64 Å². The van der Waals surface area contributed by atoms with Gasteiger partial charge in [0.15, 0.2) is 11.5 Å². The van der Waals surface area contributed by atoms with Gasteiger partial charge in [-0.1, -0.05) is 0 Å². The number of hydrogen-bond acceptors (Lipinski definition) is 5. The zero-order chi connectivity index (χ0) is 14.2. The van der Waals surface area contributed by atoms with E-state index in [1.165, 1.54) is 0 Å². The second-order valence-electron chi connectivity index (χ2n) is 5.09. The van der Waals surface area contributed by atoms with Crippen LogP contribution in [0.2, 0.25) is 0 Å². The predicted molar refractivity (Wildman–Crippen MR) is 78.2 cm³/mol. The quantitative estimate of drug-likeness (QED) is 0.701. The fourth-order valence-electron chi connectivity index (χ4n) is 2.67. The maximum Gasteiger partial charge on any atom is 0.180 e. The van der Waals surface area contributed by atoms with Crippen molar-refractivity contribution in [3.8, 4) is 11.3 Å². The summed E-state index contributed by atoms with van der Waals surface area (Å²) in [5.74, 6) is 0.913. The lowest BCUT2D eigenvalue weighted by Gasteiger charge is -2.27. The molecule has 3 aromatic rings. The van der Waals surface area contributed by atoms with Crippen LogP contribution in [0.4, 0.5) is 5.82 Å². The van der Waals surface area contributed by atoms with E-state index in [0.717, 1.165) is 49.0 Å². The second-order valence-corrected chi connectivity index (χ2v) is 5.09. The molecule has 0 unspecified atom stereocenters. The maximum absolute atomic E-state index is 5.40. The van der Waals surface area contributed by atoms with Crippen molar-refractivity contribution >= 4 is 11.5 Å². The molecule has 21 heavy (non-hydrogen) atoms. The van der Waals surface area contributed by atoms with Crippen molar-refractivity contribution in [2.24, 2.45) is 7.05 Å². The molecule has 1 aliphatic heterocycles. The Kier molecular flexibility index (Phi) is 2.85. The van der Waals surface area contributed by atoms with E-state index in [1.807, 2.05) is 38.0 Å². The molecule has 1 aliphatic rings. The Morgan fingerprint density at radius 3 is 2.76 bits per heavy atom. The lowest BCUT2D eigenvalue weighted by Crippen LogP contribution is -2.37. The van der Waals surface area contributed by atoms with Crippen molar-refractivity contribution in [1.29, 1.82) is 0 Å². The molecular formula is C14H16N6O. The molecule has 0 bridgehead atoms. The van der Waals surface area contributed by atoms with Crippen molar-refractivity contribution in [3.05, 3.63) is 31.0 Å². The number of aryl methyl sites for hydroxylation is 1. The van der Waals surface area contributed by atoms with E-state index in [1.54, 1.807) is 4.68 Å². The molecule has 0 N–H and O–H groups in total. The summed E-state index contributed by atoms with van der Waals surface area (Å²) >= 11 is 0. The minimum absolute atomic E-state index is 0.735. The lowest BCUT2D eigenvalue weighted by atomic mass is 10.3. The minimum Gasteiger partial charge on any atom is -0.378 e. The average molecular weight is 284 g/mol. The zero-order valence-corrected chi connectivity index (χ0v) is 11.8. The van der Waals surface area contributed by atoms with Crippen molar-refractivity contribution in [1.82, 2.24) is 24.1 Å². The van der Waals surface area contributed by atoms with E-state index in [4.69, 9.17) is 4.74 Å². The number of anilines is 1. The molecule has 0 atom stereocenters. The fraction of sp³-hybridized carbons (Fsp3) is 0.357. The number of fused-ring (bicyclic) bond motifs is 1. The fourth-order valence-corrected chi connectivity index (χ4v) is 2.67. The molecule has 108 valence electrons. The van der Waals surface area contributed by atoms with E-state index >= 15 is 0 Å². The van der Waals surface area contributed by atoms with Crippen molar-refractivity contribution in [2.45, 2.75) is 0 Å². The van der Waals surface area contributed by atoms with E-state index in [0.29, 0.717) is 0 Å². The van der Waals surface area contributed by atoms with Crippen molar-refractivity contribution < 1.29 is 4.74 Å². The van der Waals surface area contributed by atoms with Crippen molar-refractivity contribution in [2.75, 3.05) is 31.2 Å².